The molecule has 16 heteroatoms. The van der Waals surface area contributed by atoms with Crippen LogP contribution in [-0.2, 0) is 20.8 Å². The standard InChI is InChI=1S/C24H24BCl2N5O8/c26-14-5-2-6-15(27)17(14)18(30-24(38)32-10-9-31(8-7-28)21(34)22(32)35)20(33)29-16-11-12-3-1-4-13(23(36)37)19(12)40-25(16)39/h1-6,16,18,39H,7-11,28H2,(H,29,33)(H,30,38)(H,36,37)/t16-,18?/m0/s1. The largest absolute Gasteiger partial charge is 0.547 e. The van der Waals surface area contributed by atoms with E-state index in [-0.39, 0.29) is 59.5 Å². The smallest absolute Gasteiger partial charge is 0.534 e. The number of carbonyl (C=O) groups excluding carboxylic acids is 4. The molecule has 0 spiro atoms. The molecule has 2 aliphatic heterocycles. The lowest BCUT2D eigenvalue weighted by Gasteiger charge is -2.34. The van der Waals surface area contributed by atoms with Gasteiger partial charge in [0.25, 0.3) is 0 Å². The zero-order valence-corrected chi connectivity index (χ0v) is 22.3. The summed E-state index contributed by atoms with van der Waals surface area (Å²) in [5, 5.41) is 25.0. The van der Waals surface area contributed by atoms with Crippen molar-refractivity contribution in [3.63, 3.8) is 0 Å². The van der Waals surface area contributed by atoms with Crippen molar-refractivity contribution in [2.75, 3.05) is 26.2 Å². The average Bonchev–Trinajstić information content (AvgIpc) is 2.90. The molecule has 0 saturated carbocycles. The number of piperazine rings is 1. The number of para-hydroxylation sites is 1. The van der Waals surface area contributed by atoms with Gasteiger partial charge in [-0.3, -0.25) is 19.3 Å². The minimum Gasteiger partial charge on any atom is -0.534 e. The van der Waals surface area contributed by atoms with Gasteiger partial charge in [0, 0.05) is 41.8 Å². The lowest BCUT2D eigenvalue weighted by molar-refractivity contribution is -0.153. The van der Waals surface area contributed by atoms with Gasteiger partial charge in [-0.2, -0.15) is 0 Å². The van der Waals surface area contributed by atoms with Crippen molar-refractivity contribution in [3.8, 4) is 5.75 Å². The van der Waals surface area contributed by atoms with Crippen molar-refractivity contribution in [2.45, 2.75) is 18.4 Å². The zero-order chi connectivity index (χ0) is 29.1. The minimum atomic E-state index is -1.63. The fraction of sp³-hybridized carbons (Fsp3) is 0.292. The molecule has 0 aromatic heterocycles. The molecule has 2 heterocycles. The third-order valence-electron chi connectivity index (χ3n) is 6.45. The number of nitrogens with zero attached hydrogens (tertiary/aromatic N) is 2. The molecule has 6 N–H and O–H groups in total. The van der Waals surface area contributed by atoms with Crippen molar-refractivity contribution < 1.29 is 38.8 Å². The summed E-state index contributed by atoms with van der Waals surface area (Å²) in [6, 6.07) is 6.22. The highest BCUT2D eigenvalue weighted by Crippen LogP contribution is 2.33. The van der Waals surface area contributed by atoms with Crippen molar-refractivity contribution >= 4 is 60.0 Å². The molecule has 0 bridgehead atoms. The molecule has 0 aliphatic carbocycles. The number of halogens is 2. The average molecular weight is 592 g/mol. The number of rotatable bonds is 7. The fourth-order valence-corrected chi connectivity index (χ4v) is 5.09. The SMILES string of the molecule is NCCN1CCN(C(=O)NC(C(=O)N[C@H]2Cc3cccc(C(=O)O)c3OB2O)c2c(Cl)cccc2Cl)C(=O)C1=O. The Morgan fingerprint density at radius 1 is 1.10 bits per heavy atom. The summed E-state index contributed by atoms with van der Waals surface area (Å²) in [4.78, 5) is 65.1. The molecule has 0 radical (unpaired) electrons. The van der Waals surface area contributed by atoms with Crippen molar-refractivity contribution in [1.82, 2.24) is 20.4 Å². The molecule has 13 nitrogen and oxygen atoms in total. The van der Waals surface area contributed by atoms with E-state index in [0.29, 0.717) is 10.5 Å². The van der Waals surface area contributed by atoms with Crippen LogP contribution in [0.3, 0.4) is 0 Å². The Labute approximate surface area is 238 Å². The van der Waals surface area contributed by atoms with E-state index < -0.39 is 48.8 Å². The number of hydrogen-bond acceptors (Lipinski definition) is 8. The number of nitrogens with one attached hydrogen (secondary N) is 2. The zero-order valence-electron chi connectivity index (χ0n) is 20.8. The molecule has 2 aliphatic rings. The van der Waals surface area contributed by atoms with Crippen LogP contribution in [0.15, 0.2) is 36.4 Å². The van der Waals surface area contributed by atoms with Gasteiger partial charge < -0.3 is 36.1 Å². The van der Waals surface area contributed by atoms with Crippen LogP contribution in [-0.4, -0.2) is 88.9 Å². The van der Waals surface area contributed by atoms with E-state index in [2.05, 4.69) is 10.6 Å². The Morgan fingerprint density at radius 3 is 2.42 bits per heavy atom. The summed E-state index contributed by atoms with van der Waals surface area (Å²) in [7, 11) is -1.63. The van der Waals surface area contributed by atoms with Crippen molar-refractivity contribution in [2.24, 2.45) is 5.73 Å². The maximum Gasteiger partial charge on any atom is 0.547 e. The molecule has 210 valence electrons. The Bertz CT molecular complexity index is 1360. The minimum absolute atomic E-state index is 0.00360. The highest BCUT2D eigenvalue weighted by atomic mass is 35.5. The predicted molar refractivity (Wildman–Crippen MR) is 143 cm³/mol. The number of hydrogen-bond donors (Lipinski definition) is 5. The maximum atomic E-state index is 13.6. The van der Waals surface area contributed by atoms with Crippen LogP contribution in [0.25, 0.3) is 0 Å². The van der Waals surface area contributed by atoms with Crippen molar-refractivity contribution in [3.05, 3.63) is 63.1 Å². The first-order valence-electron chi connectivity index (χ1n) is 12.1. The van der Waals surface area contributed by atoms with E-state index >= 15 is 0 Å². The summed E-state index contributed by atoms with van der Waals surface area (Å²) in [5.74, 6) is -5.21. The Hall–Kier alpha value is -3.85. The van der Waals surface area contributed by atoms with E-state index in [9.17, 15) is 34.1 Å². The first kappa shape index (κ1) is 29.1. The molecule has 1 saturated heterocycles. The van der Waals surface area contributed by atoms with Crippen molar-refractivity contribution in [1.29, 1.82) is 0 Å². The maximum absolute atomic E-state index is 13.6. The normalized spacial score (nSPS) is 17.6. The molecule has 2 aromatic carbocycles. The van der Waals surface area contributed by atoms with E-state index in [4.69, 9.17) is 33.6 Å². The van der Waals surface area contributed by atoms with Crippen LogP contribution in [0.1, 0.15) is 27.5 Å². The van der Waals surface area contributed by atoms with Gasteiger partial charge >= 0.3 is 30.9 Å². The molecule has 1 unspecified atom stereocenters. The predicted octanol–water partition coefficient (Wildman–Crippen LogP) is 0.211. The summed E-state index contributed by atoms with van der Waals surface area (Å²) in [6.07, 6.45) is -0.00360. The van der Waals surface area contributed by atoms with E-state index in [1.807, 2.05) is 0 Å². The Kier molecular flexibility index (Phi) is 8.84. The van der Waals surface area contributed by atoms with Crippen LogP contribution < -0.4 is 21.0 Å². The lowest BCUT2D eigenvalue weighted by atomic mass is 9.72. The summed E-state index contributed by atoms with van der Waals surface area (Å²) < 4.78 is 5.42. The van der Waals surface area contributed by atoms with Crippen LogP contribution in [0.2, 0.25) is 10.0 Å². The van der Waals surface area contributed by atoms with Gasteiger partial charge in [-0.05, 0) is 30.2 Å². The van der Waals surface area contributed by atoms with Gasteiger partial charge in [0.1, 0.15) is 11.8 Å². The second-order valence-corrected chi connectivity index (χ2v) is 9.80. The van der Waals surface area contributed by atoms with Crippen LogP contribution in [0.5, 0.6) is 5.75 Å². The van der Waals surface area contributed by atoms with Gasteiger partial charge in [0.05, 0.1) is 11.5 Å². The second-order valence-electron chi connectivity index (χ2n) is 8.98. The first-order chi connectivity index (χ1) is 19.0. The number of fused-ring (bicyclic) bond motifs is 1. The number of benzene rings is 2. The molecule has 40 heavy (non-hydrogen) atoms. The van der Waals surface area contributed by atoms with E-state index in [0.717, 1.165) is 0 Å². The van der Waals surface area contributed by atoms with E-state index in [1.54, 1.807) is 6.07 Å². The third-order valence-corrected chi connectivity index (χ3v) is 7.11. The number of amides is 5. The topological polar surface area (TPSA) is 192 Å². The van der Waals surface area contributed by atoms with E-state index in [1.165, 1.54) is 35.2 Å². The monoisotopic (exact) mass is 591 g/mol. The summed E-state index contributed by atoms with van der Waals surface area (Å²) >= 11 is 12.7. The third kappa shape index (κ3) is 5.84. The molecular formula is C24H24BCl2N5O8. The summed E-state index contributed by atoms with van der Waals surface area (Å²) in [6.45, 7) is 0.196. The Morgan fingerprint density at radius 2 is 1.77 bits per heavy atom. The van der Waals surface area contributed by atoms with Gasteiger partial charge in [-0.25, -0.2) is 9.59 Å². The Balaban J connectivity index is 1.58. The van der Waals surface area contributed by atoms with Crippen LogP contribution in [0, 0.1) is 0 Å². The molecular weight excluding hydrogens is 568 g/mol. The second kappa shape index (κ2) is 12.1. The number of imide groups is 1. The van der Waals surface area contributed by atoms with Gasteiger partial charge in [0.15, 0.2) is 0 Å². The summed E-state index contributed by atoms with van der Waals surface area (Å²) in [5.41, 5.74) is 5.75. The highest BCUT2D eigenvalue weighted by molar-refractivity contribution is 6.47. The molecule has 2 atom stereocenters. The van der Waals surface area contributed by atoms with Gasteiger partial charge in [-0.1, -0.05) is 41.4 Å². The number of urea groups is 1. The first-order valence-corrected chi connectivity index (χ1v) is 12.8. The number of carboxylic acids is 1. The molecule has 1 fully saturated rings. The van der Waals surface area contributed by atoms with Gasteiger partial charge in [-0.15, -0.1) is 0 Å². The fourth-order valence-electron chi connectivity index (χ4n) is 4.48. The van der Waals surface area contributed by atoms with Crippen LogP contribution >= 0.6 is 23.2 Å². The number of carbonyl (C=O) groups is 5. The molecule has 5 amide bonds. The highest BCUT2D eigenvalue weighted by Gasteiger charge is 2.41. The number of aromatic carboxylic acids is 1. The quantitative estimate of drug-likeness (QED) is 0.221. The van der Waals surface area contributed by atoms with Gasteiger partial charge in [0.2, 0.25) is 5.91 Å². The number of carboxylic acid groups (broad SMARTS) is 1. The number of nitrogens with two attached hydrogens (primary N) is 1. The lowest BCUT2D eigenvalue weighted by Crippen LogP contribution is -2.60. The molecule has 4 rings (SSSR count). The molecule has 2 aromatic rings. The van der Waals surface area contributed by atoms with Crippen LogP contribution in [0.4, 0.5) is 4.79 Å².